The first-order chi connectivity index (χ1) is 10.1. The lowest BCUT2D eigenvalue weighted by atomic mass is 10.2. The van der Waals surface area contributed by atoms with Crippen LogP contribution >= 0.6 is 81.2 Å². The van der Waals surface area contributed by atoms with Crippen molar-refractivity contribution in [2.45, 2.75) is 13.0 Å². The van der Waals surface area contributed by atoms with E-state index in [4.69, 9.17) is 81.2 Å². The number of halogens is 7. The molecule has 2 rings (SSSR count). The molecule has 0 spiro atoms. The minimum absolute atomic E-state index is 0.147. The van der Waals surface area contributed by atoms with Gasteiger partial charge in [0, 0.05) is 5.57 Å². The van der Waals surface area contributed by atoms with Crippen LogP contribution in [0.4, 0.5) is 0 Å². The standard InChI is InChI=1S/C12H4Cl7N3/c13-7-3-1-2-6(4-5-7)8-20-9(11(14,15)16)22-10(21-8)12(17,18)19/h2,4-5,7H. The summed E-state index contributed by atoms with van der Waals surface area (Å²) in [5, 5.41) is -0.434. The zero-order chi connectivity index (χ0) is 16.5. The number of aromatic nitrogens is 3. The first-order valence-corrected chi connectivity index (χ1v) is 8.22. The molecule has 0 aliphatic heterocycles. The molecule has 0 N–H and O–H groups in total. The fourth-order valence-electron chi connectivity index (χ4n) is 1.38. The highest BCUT2D eigenvalue weighted by molar-refractivity contribution is 6.67. The Bertz CT molecular complexity index is 672. The van der Waals surface area contributed by atoms with Gasteiger partial charge < -0.3 is 0 Å². The first kappa shape index (κ1) is 18.4. The molecule has 22 heavy (non-hydrogen) atoms. The molecular formula is C12H4Cl7N3. The maximum absolute atomic E-state index is 5.91. The Morgan fingerprint density at radius 3 is 1.95 bits per heavy atom. The monoisotopic (exact) mass is 435 g/mol. The van der Waals surface area contributed by atoms with Crippen LogP contribution < -0.4 is 0 Å². The van der Waals surface area contributed by atoms with Gasteiger partial charge in [-0.2, -0.15) is 0 Å². The number of hydrogen-bond donors (Lipinski definition) is 0. The molecule has 1 atom stereocenters. The van der Waals surface area contributed by atoms with E-state index in [9.17, 15) is 0 Å². The van der Waals surface area contributed by atoms with Crippen LogP contribution in [-0.2, 0) is 7.59 Å². The molecule has 1 unspecified atom stereocenters. The molecule has 3 nitrogen and oxygen atoms in total. The second-order valence-corrected chi connectivity index (χ2v) is 8.98. The van der Waals surface area contributed by atoms with Crippen molar-refractivity contribution >= 4 is 86.8 Å². The molecule has 1 aliphatic rings. The molecular weight excluding hydrogens is 434 g/mol. The highest BCUT2D eigenvalue weighted by Gasteiger charge is 2.34. The topological polar surface area (TPSA) is 38.7 Å². The second kappa shape index (κ2) is 6.91. The predicted octanol–water partition coefficient (Wildman–Crippen LogP) is 5.09. The minimum atomic E-state index is -1.90. The van der Waals surface area contributed by atoms with Crippen LogP contribution in [0.3, 0.4) is 0 Å². The van der Waals surface area contributed by atoms with E-state index in [1.54, 1.807) is 18.2 Å². The average molecular weight is 438 g/mol. The Morgan fingerprint density at radius 2 is 1.45 bits per heavy atom. The van der Waals surface area contributed by atoms with Crippen LogP contribution in [0.15, 0.2) is 18.2 Å². The van der Waals surface area contributed by atoms with Gasteiger partial charge >= 0.3 is 0 Å². The van der Waals surface area contributed by atoms with Gasteiger partial charge in [-0.25, -0.2) is 15.0 Å². The molecule has 10 heteroatoms. The summed E-state index contributed by atoms with van der Waals surface area (Å²) in [7, 11) is 0. The smallest absolute Gasteiger partial charge is 0.209 e. The number of alkyl halides is 7. The van der Waals surface area contributed by atoms with Crippen LogP contribution in [0, 0.1) is 11.8 Å². The zero-order valence-electron chi connectivity index (χ0n) is 10.3. The molecule has 1 heterocycles. The van der Waals surface area contributed by atoms with E-state index in [2.05, 4.69) is 26.8 Å². The number of allylic oxidation sites excluding steroid dienone is 4. The quantitative estimate of drug-likeness (QED) is 0.453. The molecule has 1 aromatic rings. The summed E-state index contributed by atoms with van der Waals surface area (Å²) in [6, 6.07) is 0. The zero-order valence-corrected chi connectivity index (χ0v) is 15.6. The van der Waals surface area contributed by atoms with Gasteiger partial charge in [-0.15, -0.1) is 11.6 Å². The minimum Gasteiger partial charge on any atom is -0.209 e. The summed E-state index contributed by atoms with van der Waals surface area (Å²) in [5.41, 5.74) is 0.518. The summed E-state index contributed by atoms with van der Waals surface area (Å²) in [6.45, 7) is 0. The third-order valence-corrected chi connectivity index (χ3v) is 3.56. The van der Waals surface area contributed by atoms with E-state index in [1.165, 1.54) is 0 Å². The van der Waals surface area contributed by atoms with Gasteiger partial charge in [0.2, 0.25) is 7.59 Å². The van der Waals surface area contributed by atoms with Crippen LogP contribution in [0.1, 0.15) is 17.5 Å². The van der Waals surface area contributed by atoms with Crippen molar-refractivity contribution in [1.82, 2.24) is 15.0 Å². The first-order valence-electron chi connectivity index (χ1n) is 5.52. The summed E-state index contributed by atoms with van der Waals surface area (Å²) >= 11 is 40.8. The molecule has 0 aromatic carbocycles. The van der Waals surface area contributed by atoms with Crippen molar-refractivity contribution in [1.29, 1.82) is 0 Å². The Hall–Kier alpha value is 0.0800. The van der Waals surface area contributed by atoms with Crippen LogP contribution in [-0.4, -0.2) is 20.3 Å². The molecule has 0 amide bonds. The average Bonchev–Trinajstić information content (AvgIpc) is 2.61. The summed E-state index contributed by atoms with van der Waals surface area (Å²) < 4.78 is -3.81. The highest BCUT2D eigenvalue weighted by atomic mass is 35.6. The Kier molecular flexibility index (Phi) is 5.78. The fourth-order valence-corrected chi connectivity index (χ4v) is 2.02. The van der Waals surface area contributed by atoms with Gasteiger partial charge in [0.1, 0.15) is 5.38 Å². The SMILES string of the molecule is ClC1C#CC=C(c2nc(C(Cl)(Cl)Cl)nc(C(Cl)(Cl)Cl)n2)C=C1. The van der Waals surface area contributed by atoms with Gasteiger partial charge in [0.15, 0.2) is 17.5 Å². The lowest BCUT2D eigenvalue weighted by molar-refractivity contribution is 0.832. The molecule has 1 aromatic heterocycles. The Morgan fingerprint density at radius 1 is 0.909 bits per heavy atom. The van der Waals surface area contributed by atoms with E-state index < -0.39 is 13.0 Å². The van der Waals surface area contributed by atoms with Crippen molar-refractivity contribution < 1.29 is 0 Å². The molecule has 0 saturated carbocycles. The third-order valence-electron chi connectivity index (χ3n) is 2.29. The van der Waals surface area contributed by atoms with Crippen molar-refractivity contribution in [3.05, 3.63) is 35.7 Å². The number of rotatable bonds is 1. The molecule has 0 saturated heterocycles. The third kappa shape index (κ3) is 4.79. The molecule has 116 valence electrons. The van der Waals surface area contributed by atoms with E-state index in [0.717, 1.165) is 0 Å². The lowest BCUT2D eigenvalue weighted by Gasteiger charge is -2.15. The Balaban J connectivity index is 2.60. The molecule has 0 bridgehead atoms. The van der Waals surface area contributed by atoms with E-state index >= 15 is 0 Å². The van der Waals surface area contributed by atoms with E-state index in [1.807, 2.05) is 0 Å². The largest absolute Gasteiger partial charge is 0.250 e. The summed E-state index contributed by atoms with van der Waals surface area (Å²) in [6.07, 6.45) is 4.87. The second-order valence-electron chi connectivity index (χ2n) is 3.95. The molecule has 1 aliphatic carbocycles. The molecule has 0 fully saturated rings. The van der Waals surface area contributed by atoms with Crippen molar-refractivity contribution in [3.8, 4) is 11.8 Å². The maximum Gasteiger partial charge on any atom is 0.250 e. The van der Waals surface area contributed by atoms with Gasteiger partial charge in [-0.1, -0.05) is 93.6 Å². The van der Waals surface area contributed by atoms with E-state index in [-0.39, 0.29) is 17.5 Å². The highest BCUT2D eigenvalue weighted by Crippen LogP contribution is 2.40. The van der Waals surface area contributed by atoms with E-state index in [0.29, 0.717) is 5.57 Å². The van der Waals surface area contributed by atoms with Crippen molar-refractivity contribution in [2.24, 2.45) is 0 Å². The predicted molar refractivity (Wildman–Crippen MR) is 92.8 cm³/mol. The van der Waals surface area contributed by atoms with Crippen molar-refractivity contribution in [3.63, 3.8) is 0 Å². The van der Waals surface area contributed by atoms with Gasteiger partial charge in [0.05, 0.1) is 0 Å². The van der Waals surface area contributed by atoms with Crippen LogP contribution in [0.5, 0.6) is 0 Å². The van der Waals surface area contributed by atoms with Gasteiger partial charge in [0.25, 0.3) is 0 Å². The maximum atomic E-state index is 5.91. The van der Waals surface area contributed by atoms with Crippen LogP contribution in [0.2, 0.25) is 0 Å². The van der Waals surface area contributed by atoms with Gasteiger partial charge in [-0.05, 0) is 6.08 Å². The fraction of sp³-hybridized carbons (Fsp3) is 0.250. The van der Waals surface area contributed by atoms with Crippen molar-refractivity contribution in [2.75, 3.05) is 0 Å². The summed E-state index contributed by atoms with van der Waals surface area (Å²) in [5.74, 6) is 5.33. The normalized spacial score (nSPS) is 18.3. The number of hydrogen-bond acceptors (Lipinski definition) is 3. The lowest BCUT2D eigenvalue weighted by Crippen LogP contribution is -2.17. The van der Waals surface area contributed by atoms with Crippen LogP contribution in [0.25, 0.3) is 5.57 Å². The molecule has 0 radical (unpaired) electrons. The van der Waals surface area contributed by atoms with Gasteiger partial charge in [-0.3, -0.25) is 0 Å². The number of nitrogens with zero attached hydrogens (tertiary/aromatic N) is 3. The Labute approximate surface area is 161 Å². The summed E-state index contributed by atoms with van der Waals surface area (Å²) in [4.78, 5) is 12.1.